The van der Waals surface area contributed by atoms with Crippen LogP contribution < -0.4 is 10.5 Å². The molecular formula is C13H13N3O3. The zero-order chi connectivity index (χ0) is 14.0. The number of nitrogen functional groups attached to an aromatic ring is 1. The molecule has 1 aromatic carbocycles. The number of nitrogens with two attached hydrogens (primary N) is 1. The van der Waals surface area contributed by atoms with Gasteiger partial charge in [0.15, 0.2) is 0 Å². The minimum absolute atomic E-state index is 0.0868. The fraction of sp³-hybridized carbons (Fsp3) is 0.154. The fourth-order valence-electron chi connectivity index (χ4n) is 1.62. The number of nitrogens with zero attached hydrogens (tertiary/aromatic N) is 2. The number of hydrogen-bond donors (Lipinski definition) is 1. The molecule has 0 radical (unpaired) electrons. The van der Waals surface area contributed by atoms with Crippen molar-refractivity contribution in [3.8, 4) is 11.6 Å². The highest BCUT2D eigenvalue weighted by Gasteiger charge is 2.18. The third-order valence-electron chi connectivity index (χ3n) is 2.70. The van der Waals surface area contributed by atoms with Gasteiger partial charge in [0.2, 0.25) is 11.6 Å². The lowest BCUT2D eigenvalue weighted by molar-refractivity contribution is -0.385. The summed E-state index contributed by atoms with van der Waals surface area (Å²) in [6.45, 7) is 3.49. The molecule has 0 aliphatic heterocycles. The second-order valence-electron chi connectivity index (χ2n) is 4.11. The van der Waals surface area contributed by atoms with E-state index in [0.29, 0.717) is 16.9 Å². The average Bonchev–Trinajstić information content (AvgIpc) is 2.36. The van der Waals surface area contributed by atoms with Gasteiger partial charge in [-0.05, 0) is 25.5 Å². The molecule has 0 bridgehead atoms. The van der Waals surface area contributed by atoms with E-state index in [0.717, 1.165) is 0 Å². The second kappa shape index (κ2) is 4.93. The Hall–Kier alpha value is -2.63. The van der Waals surface area contributed by atoms with Gasteiger partial charge in [-0.2, -0.15) is 0 Å². The van der Waals surface area contributed by atoms with E-state index in [1.807, 2.05) is 0 Å². The lowest BCUT2D eigenvalue weighted by atomic mass is 10.2. The Morgan fingerprint density at radius 2 is 2.00 bits per heavy atom. The number of ether oxygens (including phenoxy) is 1. The van der Waals surface area contributed by atoms with Crippen LogP contribution in [0.1, 0.15) is 11.3 Å². The molecule has 0 atom stereocenters. The SMILES string of the molecule is Cc1cccc([N+](=O)[O-])c1Oc1ccc(N)c(C)n1. The molecule has 19 heavy (non-hydrogen) atoms. The van der Waals surface area contributed by atoms with Crippen molar-refractivity contribution in [2.45, 2.75) is 13.8 Å². The van der Waals surface area contributed by atoms with Gasteiger partial charge >= 0.3 is 5.69 Å². The lowest BCUT2D eigenvalue weighted by Gasteiger charge is -2.09. The molecule has 2 rings (SSSR count). The molecule has 0 saturated heterocycles. The van der Waals surface area contributed by atoms with Gasteiger partial charge in [0.05, 0.1) is 16.3 Å². The normalized spacial score (nSPS) is 10.2. The molecule has 2 aromatic rings. The minimum Gasteiger partial charge on any atom is -0.432 e. The van der Waals surface area contributed by atoms with E-state index in [2.05, 4.69) is 4.98 Å². The number of nitro benzene ring substituents is 1. The first-order valence-electron chi connectivity index (χ1n) is 5.64. The largest absolute Gasteiger partial charge is 0.432 e. The topological polar surface area (TPSA) is 91.3 Å². The molecule has 0 fully saturated rings. The van der Waals surface area contributed by atoms with Gasteiger partial charge < -0.3 is 10.5 Å². The van der Waals surface area contributed by atoms with Gasteiger partial charge in [-0.3, -0.25) is 10.1 Å². The van der Waals surface area contributed by atoms with Crippen molar-refractivity contribution < 1.29 is 9.66 Å². The maximum Gasteiger partial charge on any atom is 0.311 e. The van der Waals surface area contributed by atoms with Crippen LogP contribution in [-0.4, -0.2) is 9.91 Å². The Morgan fingerprint density at radius 1 is 1.26 bits per heavy atom. The van der Waals surface area contributed by atoms with Crippen molar-refractivity contribution in [2.75, 3.05) is 5.73 Å². The Kier molecular flexibility index (Phi) is 3.33. The number of anilines is 1. The summed E-state index contributed by atoms with van der Waals surface area (Å²) in [7, 11) is 0. The third-order valence-corrected chi connectivity index (χ3v) is 2.70. The monoisotopic (exact) mass is 259 g/mol. The fourth-order valence-corrected chi connectivity index (χ4v) is 1.62. The Bertz CT molecular complexity index is 641. The molecule has 6 heteroatoms. The number of aromatic nitrogens is 1. The molecule has 1 aromatic heterocycles. The van der Waals surface area contributed by atoms with Crippen molar-refractivity contribution >= 4 is 11.4 Å². The molecule has 0 amide bonds. The molecule has 0 aliphatic rings. The van der Waals surface area contributed by atoms with Crippen molar-refractivity contribution in [1.29, 1.82) is 0 Å². The molecular weight excluding hydrogens is 246 g/mol. The minimum atomic E-state index is -0.480. The van der Waals surface area contributed by atoms with Gasteiger partial charge in [-0.15, -0.1) is 0 Å². The van der Waals surface area contributed by atoms with E-state index < -0.39 is 4.92 Å². The molecule has 6 nitrogen and oxygen atoms in total. The summed E-state index contributed by atoms with van der Waals surface area (Å²) in [5, 5.41) is 11.0. The maximum atomic E-state index is 11.0. The van der Waals surface area contributed by atoms with Crippen LogP contribution in [0.5, 0.6) is 11.6 Å². The summed E-state index contributed by atoms with van der Waals surface area (Å²) in [5.41, 5.74) is 7.42. The van der Waals surface area contributed by atoms with E-state index >= 15 is 0 Å². The van der Waals surface area contributed by atoms with Crippen LogP contribution in [0.2, 0.25) is 0 Å². The molecule has 2 N–H and O–H groups in total. The first-order valence-corrected chi connectivity index (χ1v) is 5.64. The van der Waals surface area contributed by atoms with Crippen molar-refractivity contribution in [1.82, 2.24) is 4.98 Å². The highest BCUT2D eigenvalue weighted by atomic mass is 16.6. The lowest BCUT2D eigenvalue weighted by Crippen LogP contribution is -1.99. The number of para-hydroxylation sites is 1. The van der Waals surface area contributed by atoms with E-state index in [4.69, 9.17) is 10.5 Å². The molecule has 98 valence electrons. The highest BCUT2D eigenvalue weighted by Crippen LogP contribution is 2.33. The third kappa shape index (κ3) is 2.62. The summed E-state index contributed by atoms with van der Waals surface area (Å²) < 4.78 is 5.53. The summed E-state index contributed by atoms with van der Waals surface area (Å²) in [5.74, 6) is 0.480. The molecule has 0 spiro atoms. The number of nitro groups is 1. The summed E-state index contributed by atoms with van der Waals surface area (Å²) in [6.07, 6.45) is 0. The van der Waals surface area contributed by atoms with Gasteiger partial charge in [-0.25, -0.2) is 4.98 Å². The number of hydrogen-bond acceptors (Lipinski definition) is 5. The molecule has 0 unspecified atom stereocenters. The number of rotatable bonds is 3. The summed E-state index contributed by atoms with van der Waals surface area (Å²) >= 11 is 0. The first-order chi connectivity index (χ1) is 8.99. The van der Waals surface area contributed by atoms with Crippen LogP contribution in [-0.2, 0) is 0 Å². The van der Waals surface area contributed by atoms with E-state index in [1.54, 1.807) is 38.1 Å². The quantitative estimate of drug-likeness (QED) is 0.675. The van der Waals surface area contributed by atoms with Gasteiger partial charge in [-0.1, -0.05) is 12.1 Å². The Morgan fingerprint density at radius 3 is 2.63 bits per heavy atom. The van der Waals surface area contributed by atoms with Crippen molar-refractivity contribution in [3.05, 3.63) is 51.7 Å². The van der Waals surface area contributed by atoms with Gasteiger partial charge in [0.1, 0.15) is 0 Å². The van der Waals surface area contributed by atoms with E-state index in [1.165, 1.54) is 6.07 Å². The van der Waals surface area contributed by atoms with E-state index in [-0.39, 0.29) is 17.3 Å². The standard InChI is InChI=1S/C13H13N3O3/c1-8-4-3-5-11(16(17)18)13(8)19-12-7-6-10(14)9(2)15-12/h3-7H,14H2,1-2H3. The van der Waals surface area contributed by atoms with Crippen LogP contribution in [0.4, 0.5) is 11.4 Å². The predicted molar refractivity (Wildman–Crippen MR) is 71.3 cm³/mol. The number of aryl methyl sites for hydroxylation is 2. The first kappa shape index (κ1) is 12.8. The molecule has 0 aliphatic carbocycles. The van der Waals surface area contributed by atoms with Gasteiger partial charge in [0.25, 0.3) is 0 Å². The van der Waals surface area contributed by atoms with Crippen molar-refractivity contribution in [3.63, 3.8) is 0 Å². The zero-order valence-corrected chi connectivity index (χ0v) is 10.6. The second-order valence-corrected chi connectivity index (χ2v) is 4.11. The van der Waals surface area contributed by atoms with Crippen LogP contribution in [0.3, 0.4) is 0 Å². The molecule has 0 saturated carbocycles. The smallest absolute Gasteiger partial charge is 0.311 e. The van der Waals surface area contributed by atoms with Crippen LogP contribution in [0.25, 0.3) is 0 Å². The maximum absolute atomic E-state index is 11.0. The predicted octanol–water partition coefficient (Wildman–Crippen LogP) is 2.98. The Balaban J connectivity index is 2.42. The van der Waals surface area contributed by atoms with Crippen LogP contribution in [0, 0.1) is 24.0 Å². The zero-order valence-electron chi connectivity index (χ0n) is 10.6. The Labute approximate surface area is 110 Å². The van der Waals surface area contributed by atoms with Gasteiger partial charge in [0, 0.05) is 12.1 Å². The average molecular weight is 259 g/mol. The molecule has 1 heterocycles. The summed E-state index contributed by atoms with van der Waals surface area (Å²) in [6, 6.07) is 7.99. The highest BCUT2D eigenvalue weighted by molar-refractivity contribution is 5.53. The van der Waals surface area contributed by atoms with Crippen LogP contribution in [0.15, 0.2) is 30.3 Å². The number of pyridine rings is 1. The summed E-state index contributed by atoms with van der Waals surface area (Å²) in [4.78, 5) is 14.6. The number of benzene rings is 1. The van der Waals surface area contributed by atoms with Crippen LogP contribution >= 0.6 is 0 Å². The van der Waals surface area contributed by atoms with Crippen molar-refractivity contribution in [2.24, 2.45) is 0 Å². The van der Waals surface area contributed by atoms with E-state index in [9.17, 15) is 10.1 Å².